The van der Waals surface area contributed by atoms with Gasteiger partial charge in [0.05, 0.1) is 0 Å². The van der Waals surface area contributed by atoms with Crippen molar-refractivity contribution in [3.05, 3.63) is 35.4 Å². The molecule has 0 aliphatic rings. The zero-order valence-corrected chi connectivity index (χ0v) is 6.85. The van der Waals surface area contributed by atoms with Crippen molar-refractivity contribution in [1.82, 2.24) is 0 Å². The molecule has 1 rings (SSSR count). The molecule has 0 saturated heterocycles. The first-order valence-corrected chi connectivity index (χ1v) is 3.80. The van der Waals surface area contributed by atoms with Crippen molar-refractivity contribution in [3.8, 4) is 0 Å². The predicted octanol–water partition coefficient (Wildman–Crippen LogP) is 2.03. The van der Waals surface area contributed by atoms with E-state index in [0.717, 1.165) is 0 Å². The van der Waals surface area contributed by atoms with Crippen LogP contribution in [0, 0.1) is 11.6 Å². The summed E-state index contributed by atoms with van der Waals surface area (Å²) in [6.45, 7) is 1.94. The lowest BCUT2D eigenvalue weighted by molar-refractivity contribution is 0.534. The molecule has 1 nitrogen and oxygen atoms in total. The second-order valence-electron chi connectivity index (χ2n) is 2.77. The van der Waals surface area contributed by atoms with E-state index in [2.05, 4.69) is 0 Å². The minimum atomic E-state index is -0.520. The van der Waals surface area contributed by atoms with E-state index < -0.39 is 11.6 Å². The van der Waals surface area contributed by atoms with Crippen LogP contribution in [0.4, 0.5) is 8.78 Å². The minimum Gasteiger partial charge on any atom is -0.330 e. The van der Waals surface area contributed by atoms with E-state index in [-0.39, 0.29) is 18.0 Å². The van der Waals surface area contributed by atoms with E-state index in [1.165, 1.54) is 18.2 Å². The van der Waals surface area contributed by atoms with Crippen LogP contribution in [0.5, 0.6) is 0 Å². The van der Waals surface area contributed by atoms with Gasteiger partial charge in [0.15, 0.2) is 0 Å². The van der Waals surface area contributed by atoms with Gasteiger partial charge in [0, 0.05) is 5.56 Å². The molecule has 0 unspecified atom stereocenters. The topological polar surface area (TPSA) is 26.0 Å². The van der Waals surface area contributed by atoms with E-state index in [1.807, 2.05) is 0 Å². The molecule has 0 aliphatic carbocycles. The van der Waals surface area contributed by atoms with Crippen LogP contribution in [-0.4, -0.2) is 6.54 Å². The lowest BCUT2D eigenvalue weighted by Gasteiger charge is -2.10. The first-order valence-electron chi connectivity index (χ1n) is 3.80. The van der Waals surface area contributed by atoms with Crippen LogP contribution in [0.3, 0.4) is 0 Å². The van der Waals surface area contributed by atoms with Gasteiger partial charge in [-0.1, -0.05) is 13.0 Å². The highest BCUT2D eigenvalue weighted by Crippen LogP contribution is 2.20. The van der Waals surface area contributed by atoms with Gasteiger partial charge in [0.1, 0.15) is 11.6 Å². The van der Waals surface area contributed by atoms with Crippen LogP contribution >= 0.6 is 0 Å². The first kappa shape index (κ1) is 9.13. The molecule has 1 aromatic rings. The summed E-state index contributed by atoms with van der Waals surface area (Å²) in [5.41, 5.74) is 5.39. The standard InChI is InChI=1S/C9H11F2N/c1-6(5-12)9-7(10)3-2-4-8(9)11/h2-4,6H,5,12H2,1H3/t6-/m1/s1. The second-order valence-corrected chi connectivity index (χ2v) is 2.77. The SMILES string of the molecule is C[C@H](CN)c1c(F)cccc1F. The van der Waals surface area contributed by atoms with Gasteiger partial charge < -0.3 is 5.73 Å². The number of halogens is 2. The smallest absolute Gasteiger partial charge is 0.129 e. The quantitative estimate of drug-likeness (QED) is 0.723. The van der Waals surface area contributed by atoms with Gasteiger partial charge in [-0.05, 0) is 24.6 Å². The Morgan fingerprint density at radius 1 is 1.33 bits per heavy atom. The van der Waals surface area contributed by atoms with Crippen molar-refractivity contribution in [2.24, 2.45) is 5.73 Å². The van der Waals surface area contributed by atoms with Crippen molar-refractivity contribution in [3.63, 3.8) is 0 Å². The van der Waals surface area contributed by atoms with E-state index >= 15 is 0 Å². The molecule has 1 aromatic carbocycles. The number of rotatable bonds is 2. The van der Waals surface area contributed by atoms with E-state index in [9.17, 15) is 8.78 Å². The normalized spacial score (nSPS) is 13.0. The van der Waals surface area contributed by atoms with Crippen molar-refractivity contribution < 1.29 is 8.78 Å². The third kappa shape index (κ3) is 1.61. The minimum absolute atomic E-state index is 0.0833. The Morgan fingerprint density at radius 2 is 1.83 bits per heavy atom. The molecule has 0 radical (unpaired) electrons. The third-order valence-corrected chi connectivity index (χ3v) is 1.85. The zero-order valence-electron chi connectivity index (χ0n) is 6.85. The van der Waals surface area contributed by atoms with Crippen LogP contribution in [0.25, 0.3) is 0 Å². The Hall–Kier alpha value is -0.960. The summed E-state index contributed by atoms with van der Waals surface area (Å²) >= 11 is 0. The molecular weight excluding hydrogens is 160 g/mol. The van der Waals surface area contributed by atoms with Gasteiger partial charge >= 0.3 is 0 Å². The van der Waals surface area contributed by atoms with Crippen molar-refractivity contribution in [2.75, 3.05) is 6.54 Å². The van der Waals surface area contributed by atoms with E-state index in [1.54, 1.807) is 6.92 Å². The summed E-state index contributed by atoms with van der Waals surface area (Å²) in [7, 11) is 0. The maximum atomic E-state index is 13.0. The van der Waals surface area contributed by atoms with Gasteiger partial charge in [-0.3, -0.25) is 0 Å². The second kappa shape index (κ2) is 3.63. The van der Waals surface area contributed by atoms with Crippen LogP contribution in [-0.2, 0) is 0 Å². The maximum Gasteiger partial charge on any atom is 0.129 e. The van der Waals surface area contributed by atoms with Gasteiger partial charge in [-0.15, -0.1) is 0 Å². The number of benzene rings is 1. The molecule has 0 aliphatic heterocycles. The van der Waals surface area contributed by atoms with Crippen molar-refractivity contribution in [1.29, 1.82) is 0 Å². The number of nitrogens with two attached hydrogens (primary N) is 1. The molecule has 0 heterocycles. The van der Waals surface area contributed by atoms with Crippen molar-refractivity contribution >= 4 is 0 Å². The van der Waals surface area contributed by atoms with Crippen LogP contribution in [0.15, 0.2) is 18.2 Å². The average Bonchev–Trinajstić information content (AvgIpc) is 2.03. The summed E-state index contributed by atoms with van der Waals surface area (Å²) in [6.07, 6.45) is 0. The van der Waals surface area contributed by atoms with Crippen LogP contribution < -0.4 is 5.73 Å². The summed E-state index contributed by atoms with van der Waals surface area (Å²) in [4.78, 5) is 0. The van der Waals surface area contributed by atoms with Crippen LogP contribution in [0.1, 0.15) is 18.4 Å². The fraction of sp³-hybridized carbons (Fsp3) is 0.333. The molecule has 0 fully saturated rings. The molecule has 0 spiro atoms. The first-order chi connectivity index (χ1) is 5.66. The van der Waals surface area contributed by atoms with Gasteiger partial charge in [-0.25, -0.2) is 8.78 Å². The predicted molar refractivity (Wildman–Crippen MR) is 43.8 cm³/mol. The molecule has 0 saturated carbocycles. The Kier molecular flexibility index (Phi) is 2.76. The monoisotopic (exact) mass is 171 g/mol. The summed E-state index contributed by atoms with van der Waals surface area (Å²) in [5, 5.41) is 0. The molecule has 12 heavy (non-hydrogen) atoms. The Balaban J connectivity index is 3.12. The molecule has 0 aromatic heterocycles. The molecule has 0 amide bonds. The summed E-state index contributed by atoms with van der Waals surface area (Å²) < 4.78 is 26.0. The average molecular weight is 171 g/mol. The van der Waals surface area contributed by atoms with Crippen molar-refractivity contribution in [2.45, 2.75) is 12.8 Å². The van der Waals surface area contributed by atoms with Gasteiger partial charge in [-0.2, -0.15) is 0 Å². The lowest BCUT2D eigenvalue weighted by Crippen LogP contribution is -2.12. The molecule has 2 N–H and O–H groups in total. The molecule has 3 heteroatoms. The highest BCUT2D eigenvalue weighted by atomic mass is 19.1. The fourth-order valence-electron chi connectivity index (χ4n) is 1.10. The van der Waals surface area contributed by atoms with E-state index in [0.29, 0.717) is 0 Å². The molecule has 0 bridgehead atoms. The zero-order chi connectivity index (χ0) is 9.14. The molecular formula is C9H11F2N. The summed E-state index contributed by atoms with van der Waals surface area (Å²) in [5.74, 6) is -1.31. The van der Waals surface area contributed by atoms with E-state index in [4.69, 9.17) is 5.73 Å². The summed E-state index contributed by atoms with van der Waals surface area (Å²) in [6, 6.07) is 3.83. The number of hydrogen-bond acceptors (Lipinski definition) is 1. The number of hydrogen-bond donors (Lipinski definition) is 1. The lowest BCUT2D eigenvalue weighted by atomic mass is 10.0. The van der Waals surface area contributed by atoms with Gasteiger partial charge in [0.25, 0.3) is 0 Å². The molecule has 1 atom stereocenters. The Labute approximate surface area is 70.2 Å². The van der Waals surface area contributed by atoms with Crippen LogP contribution in [0.2, 0.25) is 0 Å². The van der Waals surface area contributed by atoms with Gasteiger partial charge in [0.2, 0.25) is 0 Å². The largest absolute Gasteiger partial charge is 0.330 e. The molecule has 66 valence electrons. The highest BCUT2D eigenvalue weighted by molar-refractivity contribution is 5.23. The Morgan fingerprint density at radius 3 is 2.25 bits per heavy atom. The highest BCUT2D eigenvalue weighted by Gasteiger charge is 2.13. The Bertz CT molecular complexity index is 253. The maximum absolute atomic E-state index is 13.0. The third-order valence-electron chi connectivity index (χ3n) is 1.85. The fourth-order valence-corrected chi connectivity index (χ4v) is 1.10.